The Balaban J connectivity index is 1.38. The van der Waals surface area contributed by atoms with Crippen LogP contribution in [0.4, 0.5) is 0 Å². The highest BCUT2D eigenvalue weighted by Gasteiger charge is 2.28. The Morgan fingerprint density at radius 2 is 1.79 bits per heavy atom. The van der Waals surface area contributed by atoms with E-state index < -0.39 is 10.0 Å². The molecule has 1 saturated heterocycles. The van der Waals surface area contributed by atoms with Gasteiger partial charge < -0.3 is 14.5 Å². The van der Waals surface area contributed by atoms with Crippen LogP contribution in [-0.2, 0) is 34.5 Å². The number of nitrogens with one attached hydrogen (secondary N) is 1. The van der Waals surface area contributed by atoms with E-state index >= 15 is 0 Å². The minimum absolute atomic E-state index is 0.206. The van der Waals surface area contributed by atoms with Gasteiger partial charge in [-0.15, -0.1) is 0 Å². The topological polar surface area (TPSA) is 88.8 Å². The lowest BCUT2D eigenvalue weighted by atomic mass is 10.1. The van der Waals surface area contributed by atoms with Crippen LogP contribution in [0.5, 0.6) is 0 Å². The number of hydrogen-bond donors (Lipinski definition) is 1. The van der Waals surface area contributed by atoms with Gasteiger partial charge >= 0.3 is 0 Å². The number of furan rings is 1. The van der Waals surface area contributed by atoms with Crippen LogP contribution in [-0.4, -0.2) is 31.7 Å². The molecule has 4 rings (SSSR count). The van der Waals surface area contributed by atoms with Crippen molar-refractivity contribution in [3.8, 4) is 0 Å². The molecule has 1 aromatic heterocycles. The Hall–Kier alpha value is -2.94. The van der Waals surface area contributed by atoms with Crippen molar-refractivity contribution >= 4 is 15.9 Å². The summed E-state index contributed by atoms with van der Waals surface area (Å²) < 4.78 is 38.7. The second-order valence-corrected chi connectivity index (χ2v) is 10.4. The van der Waals surface area contributed by atoms with Gasteiger partial charge in [0, 0.05) is 25.2 Å². The molecule has 1 N–H and O–H groups in total. The van der Waals surface area contributed by atoms with Gasteiger partial charge in [-0.3, -0.25) is 4.79 Å². The van der Waals surface area contributed by atoms with E-state index in [2.05, 4.69) is 5.32 Å². The van der Waals surface area contributed by atoms with Crippen LogP contribution >= 0.6 is 0 Å². The van der Waals surface area contributed by atoms with Gasteiger partial charge in [0.25, 0.3) is 5.91 Å². The zero-order valence-electron chi connectivity index (χ0n) is 19.3. The lowest BCUT2D eigenvalue weighted by Gasteiger charge is -2.26. The molecular formula is C26H30N2O5S. The van der Waals surface area contributed by atoms with E-state index in [1.54, 1.807) is 25.3 Å². The van der Waals surface area contributed by atoms with Crippen LogP contribution in [0.1, 0.15) is 52.1 Å². The molecule has 1 amide bonds. The second-order valence-electron chi connectivity index (χ2n) is 8.52. The lowest BCUT2D eigenvalue weighted by molar-refractivity contribution is 0.0928. The average molecular weight is 483 g/mol. The molecule has 0 saturated carbocycles. The molecule has 1 fully saturated rings. The molecule has 8 heteroatoms. The molecule has 0 atom stereocenters. The van der Waals surface area contributed by atoms with E-state index in [1.807, 2.05) is 36.4 Å². The first kappa shape index (κ1) is 24.2. The first-order chi connectivity index (χ1) is 16.4. The van der Waals surface area contributed by atoms with Crippen LogP contribution in [0, 0.1) is 6.92 Å². The second kappa shape index (κ2) is 11.0. The fraction of sp³-hybridized carbons (Fsp3) is 0.346. The highest BCUT2D eigenvalue weighted by atomic mass is 32.2. The number of nitrogens with zero attached hydrogens (tertiary/aromatic N) is 1. The molecule has 3 aromatic rings. The maximum Gasteiger partial charge on any atom is 0.251 e. The quantitative estimate of drug-likeness (QED) is 0.488. The number of hydrogen-bond acceptors (Lipinski definition) is 5. The van der Waals surface area contributed by atoms with Crippen molar-refractivity contribution in [2.45, 2.75) is 50.8 Å². The van der Waals surface area contributed by atoms with Gasteiger partial charge in [0.1, 0.15) is 12.4 Å². The van der Waals surface area contributed by atoms with E-state index in [0.717, 1.165) is 36.1 Å². The first-order valence-corrected chi connectivity index (χ1v) is 12.9. The molecule has 34 heavy (non-hydrogen) atoms. The zero-order valence-corrected chi connectivity index (χ0v) is 20.1. The number of carbonyl (C=O) groups is 1. The van der Waals surface area contributed by atoms with Crippen molar-refractivity contribution in [1.82, 2.24) is 9.62 Å². The summed E-state index contributed by atoms with van der Waals surface area (Å²) in [6, 6.07) is 16.3. The minimum atomic E-state index is -3.61. The molecule has 180 valence electrons. The summed E-state index contributed by atoms with van der Waals surface area (Å²) in [5.41, 5.74) is 2.90. The molecule has 0 radical (unpaired) electrons. The minimum Gasteiger partial charge on any atom is -0.467 e. The molecular weight excluding hydrogens is 452 g/mol. The van der Waals surface area contributed by atoms with E-state index in [9.17, 15) is 13.2 Å². The smallest absolute Gasteiger partial charge is 0.251 e. The Bertz CT molecular complexity index is 1220. The van der Waals surface area contributed by atoms with Gasteiger partial charge in [-0.25, -0.2) is 8.42 Å². The van der Waals surface area contributed by atoms with Crippen LogP contribution in [0.3, 0.4) is 0 Å². The van der Waals surface area contributed by atoms with Crippen molar-refractivity contribution in [3.63, 3.8) is 0 Å². The molecule has 2 aromatic carbocycles. The molecule has 0 aliphatic carbocycles. The van der Waals surface area contributed by atoms with E-state index in [4.69, 9.17) is 9.15 Å². The van der Waals surface area contributed by atoms with Gasteiger partial charge in [0.2, 0.25) is 10.0 Å². The zero-order chi connectivity index (χ0) is 24.0. The number of rotatable bonds is 9. The molecule has 0 bridgehead atoms. The van der Waals surface area contributed by atoms with Gasteiger partial charge in [-0.05, 0) is 60.7 Å². The molecule has 0 unspecified atom stereocenters. The van der Waals surface area contributed by atoms with E-state index in [1.165, 1.54) is 10.4 Å². The summed E-state index contributed by atoms with van der Waals surface area (Å²) in [5.74, 6) is 0.456. The highest BCUT2D eigenvalue weighted by molar-refractivity contribution is 7.89. The van der Waals surface area contributed by atoms with E-state index in [0.29, 0.717) is 44.0 Å². The third-order valence-corrected chi connectivity index (χ3v) is 7.96. The van der Waals surface area contributed by atoms with Crippen molar-refractivity contribution in [2.24, 2.45) is 0 Å². The predicted molar refractivity (Wildman–Crippen MR) is 129 cm³/mol. The third-order valence-electron chi connectivity index (χ3n) is 5.92. The Labute approximate surface area is 200 Å². The maximum atomic E-state index is 13.1. The van der Waals surface area contributed by atoms with Gasteiger partial charge in [0.15, 0.2) is 0 Å². The molecule has 1 aliphatic heterocycles. The largest absolute Gasteiger partial charge is 0.467 e. The highest BCUT2D eigenvalue weighted by Crippen LogP contribution is 2.24. The molecule has 1 aliphatic rings. The summed E-state index contributed by atoms with van der Waals surface area (Å²) in [5, 5.41) is 2.90. The summed E-state index contributed by atoms with van der Waals surface area (Å²) in [7, 11) is -3.61. The maximum absolute atomic E-state index is 13.1. The number of benzene rings is 2. The monoisotopic (exact) mass is 482 g/mol. The van der Waals surface area contributed by atoms with Gasteiger partial charge in [-0.2, -0.15) is 4.31 Å². The van der Waals surface area contributed by atoms with Crippen LogP contribution < -0.4 is 5.32 Å². The van der Waals surface area contributed by atoms with Crippen molar-refractivity contribution < 1.29 is 22.4 Å². The number of sulfonamides is 1. The van der Waals surface area contributed by atoms with E-state index in [-0.39, 0.29) is 10.8 Å². The Morgan fingerprint density at radius 3 is 2.56 bits per heavy atom. The standard InChI is InChI=1S/C26H30N2O5S/c1-20-10-11-23(16-25(20)34(30,31)28-12-3-2-4-13-28)26(29)27-17-21-7-5-8-22(15-21)18-32-19-24-9-6-14-33-24/h5-11,14-16H,2-4,12-13,17-19H2,1H3,(H,27,29). The van der Waals surface area contributed by atoms with Crippen LogP contribution in [0.25, 0.3) is 0 Å². The summed E-state index contributed by atoms with van der Waals surface area (Å²) in [4.78, 5) is 13.0. The molecule has 0 spiro atoms. The summed E-state index contributed by atoms with van der Waals surface area (Å²) >= 11 is 0. The van der Waals surface area contributed by atoms with Crippen molar-refractivity contribution in [2.75, 3.05) is 13.1 Å². The van der Waals surface area contributed by atoms with Crippen molar-refractivity contribution in [3.05, 3.63) is 88.9 Å². The van der Waals surface area contributed by atoms with Crippen LogP contribution in [0.15, 0.2) is 70.2 Å². The Morgan fingerprint density at radius 1 is 1.00 bits per heavy atom. The van der Waals surface area contributed by atoms with Crippen LogP contribution in [0.2, 0.25) is 0 Å². The van der Waals surface area contributed by atoms with Gasteiger partial charge in [0.05, 0.1) is 17.8 Å². The number of aryl methyl sites for hydroxylation is 1. The lowest BCUT2D eigenvalue weighted by Crippen LogP contribution is -2.36. The fourth-order valence-electron chi connectivity index (χ4n) is 4.04. The normalized spacial score (nSPS) is 14.7. The summed E-state index contributed by atoms with van der Waals surface area (Å²) in [6.07, 6.45) is 4.39. The Kier molecular flexibility index (Phi) is 7.82. The first-order valence-electron chi connectivity index (χ1n) is 11.5. The average Bonchev–Trinajstić information content (AvgIpc) is 3.37. The molecule has 7 nitrogen and oxygen atoms in total. The SMILES string of the molecule is Cc1ccc(C(=O)NCc2cccc(COCc3ccco3)c2)cc1S(=O)(=O)N1CCCCC1. The number of piperidine rings is 1. The molecule has 2 heterocycles. The number of carbonyl (C=O) groups excluding carboxylic acids is 1. The third kappa shape index (κ3) is 5.94. The number of ether oxygens (including phenoxy) is 1. The summed E-state index contributed by atoms with van der Waals surface area (Å²) in [6.45, 7) is 3.96. The van der Waals surface area contributed by atoms with Gasteiger partial charge in [-0.1, -0.05) is 36.8 Å². The fourth-order valence-corrected chi connectivity index (χ4v) is 5.81. The van der Waals surface area contributed by atoms with Crippen molar-refractivity contribution in [1.29, 1.82) is 0 Å². The predicted octanol–water partition coefficient (Wildman–Crippen LogP) is 4.41. The number of amides is 1.